The maximum Gasteiger partial charge on any atom is 0.191 e. The maximum atomic E-state index is 6.06. The molecule has 1 unspecified atom stereocenters. The smallest absolute Gasteiger partial charge is 0.191 e. The zero-order valence-corrected chi connectivity index (χ0v) is 20.1. The molecule has 0 amide bonds. The van der Waals surface area contributed by atoms with Crippen molar-refractivity contribution in [1.82, 2.24) is 10.6 Å². The molecule has 29 heavy (non-hydrogen) atoms. The minimum atomic E-state index is 0. The molecule has 0 spiro atoms. The second kappa shape index (κ2) is 12.1. The lowest BCUT2D eigenvalue weighted by atomic mass is 10.1. The predicted molar refractivity (Wildman–Crippen MR) is 133 cm³/mol. The van der Waals surface area contributed by atoms with E-state index in [1.165, 1.54) is 5.69 Å². The number of rotatable bonds is 7. The Labute approximate surface area is 195 Å². The second-order valence-corrected chi connectivity index (χ2v) is 7.44. The normalized spacial score (nSPS) is 16.3. The van der Waals surface area contributed by atoms with Gasteiger partial charge >= 0.3 is 0 Å². The number of anilines is 1. The van der Waals surface area contributed by atoms with E-state index in [0.29, 0.717) is 12.5 Å². The first-order chi connectivity index (χ1) is 13.7. The van der Waals surface area contributed by atoms with Crippen LogP contribution in [0.25, 0.3) is 0 Å². The van der Waals surface area contributed by atoms with Crippen molar-refractivity contribution in [3.63, 3.8) is 0 Å². The lowest BCUT2D eigenvalue weighted by Gasteiger charge is -2.20. The molecule has 2 N–H and O–H groups in total. The molecule has 1 saturated heterocycles. The zero-order valence-electron chi connectivity index (χ0n) is 17.0. The van der Waals surface area contributed by atoms with E-state index in [2.05, 4.69) is 34.6 Å². The van der Waals surface area contributed by atoms with E-state index >= 15 is 0 Å². The van der Waals surface area contributed by atoms with Crippen molar-refractivity contribution in [2.45, 2.75) is 19.9 Å². The van der Waals surface area contributed by atoms with Crippen LogP contribution in [0, 0.1) is 5.92 Å². The number of nitrogens with one attached hydrogen (secondary N) is 2. The molecule has 5 nitrogen and oxygen atoms in total. The first-order valence-electron chi connectivity index (χ1n) is 9.83. The minimum Gasteiger partial charge on any atom is -0.497 e. The fourth-order valence-corrected chi connectivity index (χ4v) is 3.64. The number of hydrogen-bond acceptors (Lipinski definition) is 3. The van der Waals surface area contributed by atoms with Crippen molar-refractivity contribution in [1.29, 1.82) is 0 Å². The SMILES string of the molecule is CCNC(=NCc1cccc(Cl)c1)NCC1CCN(c2cccc(OC)c2)C1.I. The van der Waals surface area contributed by atoms with Crippen molar-refractivity contribution in [3.8, 4) is 5.75 Å². The molecule has 1 aliphatic heterocycles. The Morgan fingerprint density at radius 3 is 2.79 bits per heavy atom. The van der Waals surface area contributed by atoms with Gasteiger partial charge in [-0.1, -0.05) is 29.8 Å². The molecule has 0 bridgehead atoms. The molecule has 158 valence electrons. The lowest BCUT2D eigenvalue weighted by Crippen LogP contribution is -2.40. The number of hydrogen-bond donors (Lipinski definition) is 2. The Kier molecular flexibility index (Phi) is 9.87. The minimum absolute atomic E-state index is 0. The first-order valence-corrected chi connectivity index (χ1v) is 10.2. The summed E-state index contributed by atoms with van der Waals surface area (Å²) in [7, 11) is 1.71. The van der Waals surface area contributed by atoms with Crippen LogP contribution >= 0.6 is 35.6 Å². The summed E-state index contributed by atoms with van der Waals surface area (Å²) in [5.74, 6) is 2.34. The molecule has 0 aliphatic carbocycles. The Hall–Kier alpha value is -1.67. The number of methoxy groups -OCH3 is 1. The number of nitrogens with zero attached hydrogens (tertiary/aromatic N) is 2. The van der Waals surface area contributed by atoms with Crippen LogP contribution in [-0.2, 0) is 6.54 Å². The van der Waals surface area contributed by atoms with Gasteiger partial charge in [-0.05, 0) is 49.1 Å². The topological polar surface area (TPSA) is 48.9 Å². The van der Waals surface area contributed by atoms with E-state index in [-0.39, 0.29) is 24.0 Å². The van der Waals surface area contributed by atoms with Crippen molar-refractivity contribution < 1.29 is 4.74 Å². The maximum absolute atomic E-state index is 6.06. The van der Waals surface area contributed by atoms with Gasteiger partial charge in [0.15, 0.2) is 5.96 Å². The highest BCUT2D eigenvalue weighted by Crippen LogP contribution is 2.26. The highest BCUT2D eigenvalue weighted by atomic mass is 127. The molecule has 2 aromatic rings. The van der Waals surface area contributed by atoms with Crippen LogP contribution < -0.4 is 20.3 Å². The molecule has 7 heteroatoms. The van der Waals surface area contributed by atoms with Crippen LogP contribution in [0.3, 0.4) is 0 Å². The van der Waals surface area contributed by atoms with E-state index in [1.807, 2.05) is 36.4 Å². The summed E-state index contributed by atoms with van der Waals surface area (Å²) in [6.45, 7) is 6.53. The fraction of sp³-hybridized carbons (Fsp3) is 0.409. The van der Waals surface area contributed by atoms with Crippen molar-refractivity contribution in [2.75, 3.05) is 38.2 Å². The largest absolute Gasteiger partial charge is 0.497 e. The molecule has 1 aliphatic rings. The number of ether oxygens (including phenoxy) is 1. The number of halogens is 2. The van der Waals surface area contributed by atoms with Gasteiger partial charge < -0.3 is 20.3 Å². The number of aliphatic imine (C=N–C) groups is 1. The van der Waals surface area contributed by atoms with E-state index in [4.69, 9.17) is 21.3 Å². The monoisotopic (exact) mass is 528 g/mol. The summed E-state index contributed by atoms with van der Waals surface area (Å²) in [5.41, 5.74) is 2.33. The van der Waals surface area contributed by atoms with Crippen molar-refractivity contribution in [2.24, 2.45) is 10.9 Å². The van der Waals surface area contributed by atoms with Gasteiger partial charge in [-0.3, -0.25) is 0 Å². The summed E-state index contributed by atoms with van der Waals surface area (Å²) in [4.78, 5) is 7.11. The standard InChI is InChI=1S/C22H29ClN4O.HI/c1-3-24-22(25-14-17-6-4-7-19(23)12-17)26-15-18-10-11-27(16-18)20-8-5-9-21(13-20)28-2;/h4-9,12-13,18H,3,10-11,14-16H2,1-2H3,(H2,24,25,26);1H. The Morgan fingerprint density at radius 2 is 2.03 bits per heavy atom. The first kappa shape index (κ1) is 23.6. The van der Waals surface area contributed by atoms with Gasteiger partial charge in [-0.15, -0.1) is 24.0 Å². The molecule has 1 heterocycles. The molecular weight excluding hydrogens is 499 g/mol. The van der Waals surface area contributed by atoms with E-state index in [1.54, 1.807) is 7.11 Å². The molecule has 0 saturated carbocycles. The van der Waals surface area contributed by atoms with Gasteiger partial charge in [-0.25, -0.2) is 4.99 Å². The van der Waals surface area contributed by atoms with Crippen LogP contribution in [0.5, 0.6) is 5.75 Å². The van der Waals surface area contributed by atoms with Crippen LogP contribution in [0.15, 0.2) is 53.5 Å². The summed E-state index contributed by atoms with van der Waals surface area (Å²) < 4.78 is 5.35. The van der Waals surface area contributed by atoms with Crippen LogP contribution in [0.4, 0.5) is 5.69 Å². The highest BCUT2D eigenvalue weighted by Gasteiger charge is 2.23. The van der Waals surface area contributed by atoms with Crippen LogP contribution in [-0.4, -0.2) is 39.2 Å². The lowest BCUT2D eigenvalue weighted by molar-refractivity contribution is 0.415. The van der Waals surface area contributed by atoms with Gasteiger partial charge in [0, 0.05) is 43.0 Å². The number of guanidine groups is 1. The Balaban J connectivity index is 0.00000300. The Morgan fingerprint density at radius 1 is 1.21 bits per heavy atom. The van der Waals surface area contributed by atoms with Gasteiger partial charge in [0.1, 0.15) is 5.75 Å². The number of benzene rings is 2. The molecule has 0 aromatic heterocycles. The van der Waals surface area contributed by atoms with Crippen LogP contribution in [0.2, 0.25) is 5.02 Å². The van der Waals surface area contributed by atoms with Crippen LogP contribution in [0.1, 0.15) is 18.9 Å². The van der Waals surface area contributed by atoms with E-state index in [0.717, 1.165) is 54.9 Å². The molecule has 2 aromatic carbocycles. The van der Waals surface area contributed by atoms with Crippen molar-refractivity contribution >= 4 is 47.2 Å². The molecule has 1 fully saturated rings. The summed E-state index contributed by atoms with van der Waals surface area (Å²) in [5, 5.41) is 7.57. The van der Waals surface area contributed by atoms with Gasteiger partial charge in [0.2, 0.25) is 0 Å². The third-order valence-electron chi connectivity index (χ3n) is 4.92. The highest BCUT2D eigenvalue weighted by molar-refractivity contribution is 14.0. The molecule has 0 radical (unpaired) electrons. The van der Waals surface area contributed by atoms with Gasteiger partial charge in [0.05, 0.1) is 13.7 Å². The third kappa shape index (κ3) is 7.26. The average molecular weight is 529 g/mol. The summed E-state index contributed by atoms with van der Waals surface area (Å²) in [6.07, 6.45) is 1.16. The predicted octanol–water partition coefficient (Wildman–Crippen LogP) is 4.55. The van der Waals surface area contributed by atoms with Gasteiger partial charge in [-0.2, -0.15) is 0 Å². The zero-order chi connectivity index (χ0) is 19.8. The average Bonchev–Trinajstić information content (AvgIpc) is 3.19. The van der Waals surface area contributed by atoms with Crippen molar-refractivity contribution in [3.05, 3.63) is 59.1 Å². The third-order valence-corrected chi connectivity index (χ3v) is 5.15. The quantitative estimate of drug-likeness (QED) is 0.315. The molecule has 3 rings (SSSR count). The molecule has 1 atom stereocenters. The van der Waals surface area contributed by atoms with E-state index in [9.17, 15) is 0 Å². The Bertz CT molecular complexity index is 802. The molecular formula is C22H30ClIN4O. The summed E-state index contributed by atoms with van der Waals surface area (Å²) in [6, 6.07) is 16.1. The van der Waals surface area contributed by atoms with Gasteiger partial charge in [0.25, 0.3) is 0 Å². The van der Waals surface area contributed by atoms with E-state index < -0.39 is 0 Å². The fourth-order valence-electron chi connectivity index (χ4n) is 3.43. The second-order valence-electron chi connectivity index (χ2n) is 7.01. The summed E-state index contributed by atoms with van der Waals surface area (Å²) >= 11 is 6.06.